The van der Waals surface area contributed by atoms with Crippen molar-refractivity contribution in [1.82, 2.24) is 0 Å². The highest BCUT2D eigenvalue weighted by Crippen LogP contribution is 2.22. The van der Waals surface area contributed by atoms with Crippen LogP contribution in [0.4, 0.5) is 5.69 Å². The highest BCUT2D eigenvalue weighted by atomic mass is 15.1. The van der Waals surface area contributed by atoms with Gasteiger partial charge in [0.1, 0.15) is 0 Å². The summed E-state index contributed by atoms with van der Waals surface area (Å²) in [7, 11) is 0. The molecule has 15 heavy (non-hydrogen) atoms. The lowest BCUT2D eigenvalue weighted by atomic mass is 10.0. The molecular formula is C14H21N. The summed E-state index contributed by atoms with van der Waals surface area (Å²) in [6.07, 6.45) is 4.07. The Bertz CT molecular complexity index is 302. The zero-order valence-electron chi connectivity index (χ0n) is 9.87. The quantitative estimate of drug-likeness (QED) is 0.674. The maximum atomic E-state index is 2.53. The zero-order valence-corrected chi connectivity index (χ0v) is 9.87. The van der Waals surface area contributed by atoms with Crippen LogP contribution in [0.5, 0.6) is 0 Å². The van der Waals surface area contributed by atoms with Crippen LogP contribution in [-0.2, 0) is 0 Å². The first-order chi connectivity index (χ1) is 7.25. The first-order valence-electron chi connectivity index (χ1n) is 6.07. The molecule has 0 bridgehead atoms. The van der Waals surface area contributed by atoms with Crippen molar-refractivity contribution in [1.29, 1.82) is 0 Å². The van der Waals surface area contributed by atoms with E-state index in [1.54, 1.807) is 0 Å². The van der Waals surface area contributed by atoms with Crippen LogP contribution in [-0.4, -0.2) is 13.1 Å². The van der Waals surface area contributed by atoms with Crippen molar-refractivity contribution in [2.24, 2.45) is 5.92 Å². The molecule has 0 N–H and O–H groups in total. The Morgan fingerprint density at radius 1 is 1.07 bits per heavy atom. The van der Waals surface area contributed by atoms with E-state index in [1.165, 1.54) is 43.6 Å². The topological polar surface area (TPSA) is 3.24 Å². The van der Waals surface area contributed by atoms with Crippen molar-refractivity contribution in [3.63, 3.8) is 0 Å². The van der Waals surface area contributed by atoms with Crippen molar-refractivity contribution in [3.05, 3.63) is 29.8 Å². The summed E-state index contributed by atoms with van der Waals surface area (Å²) in [4.78, 5) is 2.53. The first-order valence-corrected chi connectivity index (χ1v) is 6.07. The van der Waals surface area contributed by atoms with Crippen molar-refractivity contribution in [3.8, 4) is 0 Å². The van der Waals surface area contributed by atoms with Crippen LogP contribution in [0.1, 0.15) is 31.7 Å². The number of aryl methyl sites for hydroxylation is 1. The van der Waals surface area contributed by atoms with Gasteiger partial charge >= 0.3 is 0 Å². The third-order valence-corrected chi connectivity index (χ3v) is 3.42. The molecule has 1 aromatic carbocycles. The molecule has 1 unspecified atom stereocenters. The van der Waals surface area contributed by atoms with Crippen molar-refractivity contribution >= 4 is 5.69 Å². The van der Waals surface area contributed by atoms with E-state index in [0.717, 1.165) is 5.92 Å². The number of benzene rings is 1. The number of hydrogen-bond acceptors (Lipinski definition) is 1. The van der Waals surface area contributed by atoms with Gasteiger partial charge in [0, 0.05) is 18.8 Å². The fourth-order valence-electron chi connectivity index (χ4n) is 2.28. The summed E-state index contributed by atoms with van der Waals surface area (Å²) in [5.74, 6) is 0.903. The van der Waals surface area contributed by atoms with E-state index in [1.807, 2.05) is 0 Å². The van der Waals surface area contributed by atoms with E-state index in [9.17, 15) is 0 Å². The summed E-state index contributed by atoms with van der Waals surface area (Å²) in [6.45, 7) is 6.98. The molecule has 1 heteroatoms. The van der Waals surface area contributed by atoms with E-state index in [2.05, 4.69) is 43.0 Å². The third kappa shape index (κ3) is 2.74. The lowest BCUT2D eigenvalue weighted by Crippen LogP contribution is -2.23. The van der Waals surface area contributed by atoms with Gasteiger partial charge in [0.2, 0.25) is 0 Å². The fourth-order valence-corrected chi connectivity index (χ4v) is 2.28. The van der Waals surface area contributed by atoms with E-state index in [0.29, 0.717) is 0 Å². The average molecular weight is 203 g/mol. The summed E-state index contributed by atoms with van der Waals surface area (Å²) in [6, 6.07) is 8.93. The van der Waals surface area contributed by atoms with Gasteiger partial charge < -0.3 is 4.90 Å². The molecule has 0 aromatic heterocycles. The van der Waals surface area contributed by atoms with Gasteiger partial charge in [-0.2, -0.15) is 0 Å². The van der Waals surface area contributed by atoms with Gasteiger partial charge in [-0.05, 0) is 44.2 Å². The zero-order chi connectivity index (χ0) is 10.7. The number of nitrogens with zero attached hydrogens (tertiary/aromatic N) is 1. The lowest BCUT2D eigenvalue weighted by Gasteiger charge is -2.22. The van der Waals surface area contributed by atoms with Crippen molar-refractivity contribution < 1.29 is 0 Å². The average Bonchev–Trinajstić information content (AvgIpc) is 2.44. The standard InChI is InChI=1S/C14H21N/c1-12-4-3-10-15(11-9-12)14-7-5-13(2)6-8-14/h5-8,12H,3-4,9-11H2,1-2H3. The third-order valence-electron chi connectivity index (χ3n) is 3.42. The van der Waals surface area contributed by atoms with E-state index in [4.69, 9.17) is 0 Å². The van der Waals surface area contributed by atoms with Gasteiger partial charge in [0.15, 0.2) is 0 Å². The molecule has 1 aromatic rings. The minimum absolute atomic E-state index is 0.903. The van der Waals surface area contributed by atoms with Crippen LogP contribution in [0.2, 0.25) is 0 Å². The lowest BCUT2D eigenvalue weighted by molar-refractivity contribution is 0.521. The summed E-state index contributed by atoms with van der Waals surface area (Å²) in [5, 5.41) is 0. The molecule has 0 saturated carbocycles. The first kappa shape index (κ1) is 10.5. The molecule has 0 amide bonds. The number of rotatable bonds is 1. The second-order valence-corrected chi connectivity index (χ2v) is 4.86. The minimum atomic E-state index is 0.903. The van der Waals surface area contributed by atoms with E-state index in [-0.39, 0.29) is 0 Å². The monoisotopic (exact) mass is 203 g/mol. The molecule has 1 atom stereocenters. The van der Waals surface area contributed by atoms with Crippen LogP contribution in [0.25, 0.3) is 0 Å². The molecule has 1 saturated heterocycles. The Kier molecular flexibility index (Phi) is 3.30. The number of anilines is 1. The second kappa shape index (κ2) is 4.69. The van der Waals surface area contributed by atoms with E-state index < -0.39 is 0 Å². The fraction of sp³-hybridized carbons (Fsp3) is 0.571. The summed E-state index contributed by atoms with van der Waals surface area (Å²) in [5.41, 5.74) is 2.75. The number of hydrogen-bond donors (Lipinski definition) is 0. The molecule has 1 aliphatic rings. The van der Waals surface area contributed by atoms with Gasteiger partial charge in [0.05, 0.1) is 0 Å². The van der Waals surface area contributed by atoms with Gasteiger partial charge in [-0.15, -0.1) is 0 Å². The molecular weight excluding hydrogens is 182 g/mol. The molecule has 1 aliphatic heterocycles. The summed E-state index contributed by atoms with van der Waals surface area (Å²) >= 11 is 0. The SMILES string of the molecule is Cc1ccc(N2CCCC(C)CC2)cc1. The van der Waals surface area contributed by atoms with Crippen molar-refractivity contribution in [2.75, 3.05) is 18.0 Å². The highest BCUT2D eigenvalue weighted by Gasteiger charge is 2.13. The van der Waals surface area contributed by atoms with Gasteiger partial charge in [-0.3, -0.25) is 0 Å². The summed E-state index contributed by atoms with van der Waals surface area (Å²) < 4.78 is 0. The smallest absolute Gasteiger partial charge is 0.0366 e. The Labute approximate surface area is 93.1 Å². The van der Waals surface area contributed by atoms with Crippen LogP contribution in [0, 0.1) is 12.8 Å². The molecule has 0 radical (unpaired) electrons. The minimum Gasteiger partial charge on any atom is -0.372 e. The maximum absolute atomic E-state index is 2.53. The molecule has 0 aliphatic carbocycles. The molecule has 2 rings (SSSR count). The van der Waals surface area contributed by atoms with E-state index >= 15 is 0 Å². The normalized spacial score (nSPS) is 22.5. The van der Waals surface area contributed by atoms with Crippen LogP contribution in [0.15, 0.2) is 24.3 Å². The molecule has 1 nitrogen and oxygen atoms in total. The molecule has 0 spiro atoms. The second-order valence-electron chi connectivity index (χ2n) is 4.86. The predicted octanol–water partition coefficient (Wildman–Crippen LogP) is 3.62. The molecule has 1 heterocycles. The van der Waals surface area contributed by atoms with Crippen molar-refractivity contribution in [2.45, 2.75) is 33.1 Å². The molecule has 1 fully saturated rings. The molecule has 82 valence electrons. The van der Waals surface area contributed by atoms with Crippen LogP contribution < -0.4 is 4.90 Å². The van der Waals surface area contributed by atoms with Gasteiger partial charge in [0.25, 0.3) is 0 Å². The Morgan fingerprint density at radius 3 is 2.53 bits per heavy atom. The van der Waals surface area contributed by atoms with Crippen LogP contribution in [0.3, 0.4) is 0 Å². The Morgan fingerprint density at radius 2 is 1.80 bits per heavy atom. The highest BCUT2D eigenvalue weighted by molar-refractivity contribution is 5.47. The maximum Gasteiger partial charge on any atom is 0.0366 e. The Hall–Kier alpha value is -0.980. The Balaban J connectivity index is 2.06. The van der Waals surface area contributed by atoms with Gasteiger partial charge in [-0.1, -0.05) is 24.6 Å². The van der Waals surface area contributed by atoms with Gasteiger partial charge in [-0.25, -0.2) is 0 Å². The largest absolute Gasteiger partial charge is 0.372 e. The predicted molar refractivity (Wildman–Crippen MR) is 66.4 cm³/mol. The van der Waals surface area contributed by atoms with Crippen LogP contribution >= 0.6 is 0 Å².